The highest BCUT2D eigenvalue weighted by atomic mass is 35.5. The summed E-state index contributed by atoms with van der Waals surface area (Å²) in [4.78, 5) is 16.8. The average molecular weight is 394 g/mol. The van der Waals surface area contributed by atoms with Crippen LogP contribution in [0.2, 0.25) is 10.0 Å². The van der Waals surface area contributed by atoms with E-state index in [2.05, 4.69) is 16.8 Å². The number of carbonyl (C=O) groups excluding carboxylic acids is 1. The minimum absolute atomic E-state index is 0.00845. The van der Waals surface area contributed by atoms with Crippen molar-refractivity contribution in [3.05, 3.63) is 45.7 Å². The lowest BCUT2D eigenvalue weighted by atomic mass is 10.0. The highest BCUT2D eigenvalue weighted by Crippen LogP contribution is 2.40. The van der Waals surface area contributed by atoms with E-state index in [1.165, 1.54) is 26.6 Å². The fourth-order valence-electron chi connectivity index (χ4n) is 2.30. The second-order valence-electron chi connectivity index (χ2n) is 5.07. The molecule has 5 nitrogen and oxygen atoms in total. The molecule has 0 aliphatic carbocycles. The van der Waals surface area contributed by atoms with Gasteiger partial charge in [-0.25, -0.2) is 0 Å². The summed E-state index contributed by atoms with van der Waals surface area (Å²) in [5.74, 6) is 6.32. The summed E-state index contributed by atoms with van der Waals surface area (Å²) in [5.41, 5.74) is 0.826. The molecule has 136 valence electrons. The summed E-state index contributed by atoms with van der Waals surface area (Å²) in [7, 11) is 2.98. The van der Waals surface area contributed by atoms with Crippen LogP contribution in [0.3, 0.4) is 0 Å². The first kappa shape index (κ1) is 19.9. The zero-order chi connectivity index (χ0) is 19.1. The number of hydrogen-bond donors (Lipinski definition) is 0. The molecule has 7 heteroatoms. The number of hydrogen-bond acceptors (Lipinski definition) is 5. The van der Waals surface area contributed by atoms with E-state index in [9.17, 15) is 4.79 Å². The van der Waals surface area contributed by atoms with Crippen molar-refractivity contribution in [1.82, 2.24) is 4.98 Å². The number of benzene rings is 1. The van der Waals surface area contributed by atoms with Gasteiger partial charge in [-0.2, -0.15) is 0 Å². The van der Waals surface area contributed by atoms with E-state index < -0.39 is 0 Å². The highest BCUT2D eigenvalue weighted by Gasteiger charge is 2.22. The number of ketones is 1. The van der Waals surface area contributed by atoms with Crippen LogP contribution >= 0.6 is 23.2 Å². The van der Waals surface area contributed by atoms with Gasteiger partial charge in [0.15, 0.2) is 17.3 Å². The predicted molar refractivity (Wildman–Crippen MR) is 101 cm³/mol. The van der Waals surface area contributed by atoms with Crippen molar-refractivity contribution in [1.29, 1.82) is 0 Å². The summed E-state index contributed by atoms with van der Waals surface area (Å²) >= 11 is 12.2. The lowest BCUT2D eigenvalue weighted by molar-refractivity contribution is 0.0988. The summed E-state index contributed by atoms with van der Waals surface area (Å²) in [6, 6.07) is 3.25. The number of nitrogens with zero attached hydrogens (tertiary/aromatic N) is 1. The molecule has 1 aromatic heterocycles. The van der Waals surface area contributed by atoms with Crippen molar-refractivity contribution < 1.29 is 19.0 Å². The number of halogens is 2. The minimum atomic E-state index is -0.236. The Kier molecular flexibility index (Phi) is 7.14. The molecule has 0 unspecified atom stereocenters. The Morgan fingerprint density at radius 2 is 1.81 bits per heavy atom. The number of rotatable bonds is 7. The number of ether oxygens (including phenoxy) is 3. The lowest BCUT2D eigenvalue weighted by Crippen LogP contribution is -2.10. The second kappa shape index (κ2) is 9.33. The van der Waals surface area contributed by atoms with E-state index in [1.54, 1.807) is 19.1 Å². The Morgan fingerprint density at radius 1 is 1.12 bits per heavy atom. The maximum absolute atomic E-state index is 12.9. The number of carbonyl (C=O) groups is 1. The smallest absolute Gasteiger partial charge is 0.204 e. The van der Waals surface area contributed by atoms with Gasteiger partial charge in [-0.3, -0.25) is 9.78 Å². The summed E-state index contributed by atoms with van der Waals surface area (Å²) in [6.07, 6.45) is 2.88. The first-order valence-corrected chi connectivity index (χ1v) is 8.37. The molecule has 0 spiro atoms. The standard InChI is InChI=1S/C19H17Cl2NO4/c1-4-5-8-26-18-12(6-7-17(24-2)19(18)25-3)16(23)9-13-14(20)10-22-11-15(13)21/h6-7,10-11H,8-9H2,1-3H3. The molecule has 0 atom stereocenters. The Bertz CT molecular complexity index is 852. The van der Waals surface area contributed by atoms with Crippen LogP contribution in [-0.4, -0.2) is 31.6 Å². The predicted octanol–water partition coefficient (Wildman–Crippen LogP) is 4.23. The molecule has 0 aliphatic rings. The van der Waals surface area contributed by atoms with Gasteiger partial charge in [0.2, 0.25) is 5.75 Å². The third-order valence-corrected chi connectivity index (χ3v) is 4.21. The molecule has 0 N–H and O–H groups in total. The van der Waals surface area contributed by atoms with Gasteiger partial charge >= 0.3 is 0 Å². The Balaban J connectivity index is 2.45. The fraction of sp³-hybridized carbons (Fsp3) is 0.263. The summed E-state index contributed by atoms with van der Waals surface area (Å²) in [6.45, 7) is 1.81. The molecule has 0 saturated carbocycles. The van der Waals surface area contributed by atoms with E-state index in [-0.39, 0.29) is 24.6 Å². The van der Waals surface area contributed by atoms with Crippen molar-refractivity contribution in [2.75, 3.05) is 20.8 Å². The monoisotopic (exact) mass is 393 g/mol. The molecule has 2 rings (SSSR count). The number of Topliss-reactive ketones (excluding diaryl/α,β-unsaturated/α-hetero) is 1. The molecule has 0 radical (unpaired) electrons. The highest BCUT2D eigenvalue weighted by molar-refractivity contribution is 6.36. The third-order valence-electron chi connectivity index (χ3n) is 3.56. The van der Waals surface area contributed by atoms with E-state index in [4.69, 9.17) is 37.4 Å². The number of methoxy groups -OCH3 is 2. The van der Waals surface area contributed by atoms with Crippen molar-refractivity contribution >= 4 is 29.0 Å². The van der Waals surface area contributed by atoms with Crippen LogP contribution in [0.5, 0.6) is 17.2 Å². The second-order valence-corrected chi connectivity index (χ2v) is 5.89. The SMILES string of the molecule is CC#CCOc1c(C(=O)Cc2c(Cl)cncc2Cl)ccc(OC)c1OC. The quantitative estimate of drug-likeness (QED) is 0.520. The summed E-state index contributed by atoms with van der Waals surface area (Å²) < 4.78 is 16.3. The van der Waals surface area contributed by atoms with Crippen LogP contribution in [0.15, 0.2) is 24.5 Å². The zero-order valence-electron chi connectivity index (χ0n) is 14.6. The van der Waals surface area contributed by atoms with Gasteiger partial charge in [0.25, 0.3) is 0 Å². The fourth-order valence-corrected chi connectivity index (χ4v) is 2.80. The maximum atomic E-state index is 12.9. The number of aromatic nitrogens is 1. The lowest BCUT2D eigenvalue weighted by Gasteiger charge is -2.16. The van der Waals surface area contributed by atoms with Crippen LogP contribution < -0.4 is 14.2 Å². The van der Waals surface area contributed by atoms with Crippen molar-refractivity contribution in [2.45, 2.75) is 13.3 Å². The first-order chi connectivity index (χ1) is 12.5. The van der Waals surface area contributed by atoms with E-state index in [0.29, 0.717) is 32.7 Å². The summed E-state index contributed by atoms with van der Waals surface area (Å²) in [5, 5.41) is 0.649. The van der Waals surface area contributed by atoms with Crippen LogP contribution in [-0.2, 0) is 6.42 Å². The molecule has 0 fully saturated rings. The van der Waals surface area contributed by atoms with Crippen LogP contribution in [0.25, 0.3) is 0 Å². The largest absolute Gasteiger partial charge is 0.493 e. The van der Waals surface area contributed by atoms with Gasteiger partial charge in [-0.15, -0.1) is 5.92 Å². The van der Waals surface area contributed by atoms with Gasteiger partial charge in [0, 0.05) is 24.4 Å². The normalized spacial score (nSPS) is 9.88. The topological polar surface area (TPSA) is 57.7 Å². The molecule has 1 heterocycles. The number of pyridine rings is 1. The third kappa shape index (κ3) is 4.40. The first-order valence-electron chi connectivity index (χ1n) is 7.61. The molecular formula is C19H17Cl2NO4. The Morgan fingerprint density at radius 3 is 2.38 bits per heavy atom. The van der Waals surface area contributed by atoms with Gasteiger partial charge in [-0.1, -0.05) is 29.1 Å². The Hall–Kier alpha value is -2.42. The van der Waals surface area contributed by atoms with Crippen molar-refractivity contribution in [3.63, 3.8) is 0 Å². The van der Waals surface area contributed by atoms with Crippen molar-refractivity contribution in [3.8, 4) is 29.1 Å². The van der Waals surface area contributed by atoms with E-state index >= 15 is 0 Å². The molecule has 0 aliphatic heterocycles. The molecule has 26 heavy (non-hydrogen) atoms. The van der Waals surface area contributed by atoms with Gasteiger partial charge in [0.1, 0.15) is 6.61 Å². The average Bonchev–Trinajstić information content (AvgIpc) is 2.64. The molecule has 0 amide bonds. The molecule has 0 saturated heterocycles. The van der Waals surface area contributed by atoms with Crippen LogP contribution in [0, 0.1) is 11.8 Å². The van der Waals surface area contributed by atoms with Crippen molar-refractivity contribution in [2.24, 2.45) is 0 Å². The van der Waals surface area contributed by atoms with Gasteiger partial charge < -0.3 is 14.2 Å². The maximum Gasteiger partial charge on any atom is 0.204 e. The Labute approximate surface area is 162 Å². The van der Waals surface area contributed by atoms with Gasteiger partial charge in [-0.05, 0) is 19.1 Å². The minimum Gasteiger partial charge on any atom is -0.493 e. The van der Waals surface area contributed by atoms with Crippen LogP contribution in [0.1, 0.15) is 22.8 Å². The molecule has 1 aromatic carbocycles. The van der Waals surface area contributed by atoms with Crippen LogP contribution in [0.4, 0.5) is 0 Å². The molecule has 2 aromatic rings. The molecular weight excluding hydrogens is 377 g/mol. The van der Waals surface area contributed by atoms with E-state index in [1.807, 2.05) is 0 Å². The zero-order valence-corrected chi connectivity index (χ0v) is 16.1. The van der Waals surface area contributed by atoms with E-state index in [0.717, 1.165) is 0 Å². The van der Waals surface area contributed by atoms with Gasteiger partial charge in [0.05, 0.1) is 29.8 Å². The molecule has 0 bridgehead atoms.